The molecule has 83 heavy (non-hydrogen) atoms. The van der Waals surface area contributed by atoms with Gasteiger partial charge < -0.3 is 14.2 Å². The highest BCUT2D eigenvalue weighted by molar-refractivity contribution is 5.71. The predicted octanol–water partition coefficient (Wildman–Crippen LogP) is 25.5. The summed E-state index contributed by atoms with van der Waals surface area (Å²) in [5, 5.41) is 0. The standard InChI is InChI=1S/C77H140O6/c1-4-7-10-13-16-19-22-25-27-29-31-33-35-36-37-38-39-40-42-43-45-47-49-52-55-58-61-64-67-70-76(79)82-73-74(72-81-75(78)69-66-63-60-57-54-51-24-21-18-15-12-9-6-3)83-77(80)71-68-65-62-59-56-53-50-48-46-44-41-34-32-30-28-26-23-20-17-14-11-8-5-2/h21-26,29-32,74H,4-20,27-28,33-73H2,1-3H3/b24-21-,25-22-,26-23-,31-29-,32-30-. The Morgan fingerprint density at radius 3 is 0.687 bits per heavy atom. The van der Waals surface area contributed by atoms with Gasteiger partial charge in [-0.05, 0) is 109 Å². The number of allylic oxidation sites excluding steroid dienone is 10. The van der Waals surface area contributed by atoms with Crippen molar-refractivity contribution in [3.63, 3.8) is 0 Å². The molecule has 0 rings (SSSR count). The van der Waals surface area contributed by atoms with Gasteiger partial charge in [-0.25, -0.2) is 0 Å². The van der Waals surface area contributed by atoms with E-state index >= 15 is 0 Å². The van der Waals surface area contributed by atoms with Gasteiger partial charge in [-0.1, -0.05) is 326 Å². The van der Waals surface area contributed by atoms with Gasteiger partial charge in [0.25, 0.3) is 0 Å². The number of carbonyl (C=O) groups is 3. The van der Waals surface area contributed by atoms with Crippen molar-refractivity contribution in [2.24, 2.45) is 0 Å². The van der Waals surface area contributed by atoms with Crippen LogP contribution >= 0.6 is 0 Å². The molecule has 0 aromatic heterocycles. The molecule has 0 fully saturated rings. The Balaban J connectivity index is 4.22. The van der Waals surface area contributed by atoms with Crippen molar-refractivity contribution in [3.05, 3.63) is 60.8 Å². The van der Waals surface area contributed by atoms with E-state index in [-0.39, 0.29) is 31.1 Å². The number of ether oxygens (including phenoxy) is 3. The molecule has 0 spiro atoms. The zero-order valence-corrected chi connectivity index (χ0v) is 55.7. The molecule has 1 unspecified atom stereocenters. The van der Waals surface area contributed by atoms with E-state index in [1.54, 1.807) is 0 Å². The Morgan fingerprint density at radius 2 is 0.434 bits per heavy atom. The Morgan fingerprint density at radius 1 is 0.241 bits per heavy atom. The number of hydrogen-bond acceptors (Lipinski definition) is 6. The molecule has 0 amide bonds. The van der Waals surface area contributed by atoms with Gasteiger partial charge in [-0.3, -0.25) is 14.4 Å². The largest absolute Gasteiger partial charge is 0.462 e. The first-order valence-electron chi connectivity index (χ1n) is 36.8. The molecule has 6 heteroatoms. The van der Waals surface area contributed by atoms with Gasteiger partial charge in [0.2, 0.25) is 0 Å². The third kappa shape index (κ3) is 69.8. The number of esters is 3. The highest BCUT2D eigenvalue weighted by atomic mass is 16.6. The number of unbranched alkanes of at least 4 members (excludes halogenated alkanes) is 47. The molecule has 0 aliphatic rings. The van der Waals surface area contributed by atoms with Crippen LogP contribution in [0.2, 0.25) is 0 Å². The highest BCUT2D eigenvalue weighted by Crippen LogP contribution is 2.18. The fraction of sp³-hybridized carbons (Fsp3) is 0.831. The summed E-state index contributed by atoms with van der Waals surface area (Å²) in [6.45, 7) is 6.66. The van der Waals surface area contributed by atoms with Crippen molar-refractivity contribution < 1.29 is 28.6 Å². The maximum atomic E-state index is 13.0. The summed E-state index contributed by atoms with van der Waals surface area (Å²) in [6.07, 6.45) is 92.6. The van der Waals surface area contributed by atoms with E-state index in [1.807, 2.05) is 0 Å². The SMILES string of the molecule is CCCCCC/C=C\CCCCCCCC(=O)OCC(COC(=O)CCCCCCCCCCCCCCCCCCC/C=C\C/C=C\CCCCCCC)OC(=O)CCCCCCCCCCCCC/C=C\C/C=C\CCCCCCC. The lowest BCUT2D eigenvalue weighted by atomic mass is 10.0. The molecule has 0 aliphatic heterocycles. The second-order valence-corrected chi connectivity index (χ2v) is 24.8. The molecule has 0 bridgehead atoms. The second kappa shape index (κ2) is 71.6. The van der Waals surface area contributed by atoms with Crippen LogP contribution in [0, 0.1) is 0 Å². The number of carbonyl (C=O) groups excluding carboxylic acids is 3. The van der Waals surface area contributed by atoms with Crippen LogP contribution in [0.5, 0.6) is 0 Å². The Kier molecular flexibility index (Phi) is 69.1. The van der Waals surface area contributed by atoms with Gasteiger partial charge in [0.1, 0.15) is 13.2 Å². The summed E-state index contributed by atoms with van der Waals surface area (Å²) in [7, 11) is 0. The van der Waals surface area contributed by atoms with E-state index < -0.39 is 6.10 Å². The van der Waals surface area contributed by atoms with E-state index in [9.17, 15) is 14.4 Å². The van der Waals surface area contributed by atoms with Gasteiger partial charge >= 0.3 is 17.9 Å². The average Bonchev–Trinajstić information content (AvgIpc) is 3.49. The zero-order valence-electron chi connectivity index (χ0n) is 55.7. The van der Waals surface area contributed by atoms with Crippen LogP contribution in [0.1, 0.15) is 393 Å². The van der Waals surface area contributed by atoms with Crippen molar-refractivity contribution in [1.29, 1.82) is 0 Å². The van der Waals surface area contributed by atoms with E-state index in [2.05, 4.69) is 81.5 Å². The van der Waals surface area contributed by atoms with Crippen molar-refractivity contribution in [3.8, 4) is 0 Å². The minimum absolute atomic E-state index is 0.0738. The molecule has 1 atom stereocenters. The summed E-state index contributed by atoms with van der Waals surface area (Å²) in [4.78, 5) is 38.5. The summed E-state index contributed by atoms with van der Waals surface area (Å²) >= 11 is 0. The minimum Gasteiger partial charge on any atom is -0.462 e. The van der Waals surface area contributed by atoms with Crippen LogP contribution < -0.4 is 0 Å². The fourth-order valence-corrected chi connectivity index (χ4v) is 10.9. The summed E-state index contributed by atoms with van der Waals surface area (Å²) in [6, 6.07) is 0. The second-order valence-electron chi connectivity index (χ2n) is 24.8. The smallest absolute Gasteiger partial charge is 0.306 e. The lowest BCUT2D eigenvalue weighted by Crippen LogP contribution is -2.30. The molecule has 0 aromatic rings. The summed E-state index contributed by atoms with van der Waals surface area (Å²) in [5.41, 5.74) is 0. The van der Waals surface area contributed by atoms with E-state index in [0.29, 0.717) is 19.3 Å². The topological polar surface area (TPSA) is 78.9 Å². The van der Waals surface area contributed by atoms with Crippen LogP contribution in [-0.2, 0) is 28.6 Å². The molecule has 0 saturated heterocycles. The lowest BCUT2D eigenvalue weighted by molar-refractivity contribution is -0.167. The van der Waals surface area contributed by atoms with Gasteiger partial charge in [0.15, 0.2) is 6.10 Å². The first-order chi connectivity index (χ1) is 41.0. The van der Waals surface area contributed by atoms with Crippen LogP contribution in [0.4, 0.5) is 0 Å². The van der Waals surface area contributed by atoms with Crippen molar-refractivity contribution >= 4 is 17.9 Å². The summed E-state index contributed by atoms with van der Waals surface area (Å²) < 4.78 is 17.0. The Bertz CT molecular complexity index is 1470. The highest BCUT2D eigenvalue weighted by Gasteiger charge is 2.19. The quantitative estimate of drug-likeness (QED) is 0.0261. The monoisotopic (exact) mass is 1160 g/mol. The molecule has 0 aliphatic carbocycles. The average molecular weight is 1160 g/mol. The number of rotatable bonds is 68. The van der Waals surface area contributed by atoms with Crippen molar-refractivity contribution in [1.82, 2.24) is 0 Å². The maximum Gasteiger partial charge on any atom is 0.306 e. The van der Waals surface area contributed by atoms with E-state index in [1.165, 1.54) is 276 Å². The first kappa shape index (κ1) is 80.1. The van der Waals surface area contributed by atoms with Gasteiger partial charge in [0.05, 0.1) is 0 Å². The molecule has 0 saturated carbocycles. The molecule has 0 heterocycles. The molecule has 0 aromatic carbocycles. The fourth-order valence-electron chi connectivity index (χ4n) is 10.9. The van der Waals surface area contributed by atoms with Gasteiger partial charge in [-0.2, -0.15) is 0 Å². The Labute approximate surface area is 517 Å². The molecular weight excluding hydrogens is 1020 g/mol. The van der Waals surface area contributed by atoms with Crippen molar-refractivity contribution in [2.45, 2.75) is 399 Å². The van der Waals surface area contributed by atoms with Crippen LogP contribution in [0.15, 0.2) is 60.8 Å². The predicted molar refractivity (Wildman–Crippen MR) is 362 cm³/mol. The third-order valence-electron chi connectivity index (χ3n) is 16.5. The van der Waals surface area contributed by atoms with Crippen LogP contribution in [0.25, 0.3) is 0 Å². The maximum absolute atomic E-state index is 13.0. The van der Waals surface area contributed by atoms with Crippen LogP contribution in [-0.4, -0.2) is 37.2 Å². The number of hydrogen-bond donors (Lipinski definition) is 0. The lowest BCUT2D eigenvalue weighted by Gasteiger charge is -2.18. The third-order valence-corrected chi connectivity index (χ3v) is 16.5. The van der Waals surface area contributed by atoms with Gasteiger partial charge in [-0.15, -0.1) is 0 Å². The first-order valence-corrected chi connectivity index (χ1v) is 36.8. The summed E-state index contributed by atoms with van der Waals surface area (Å²) in [5.74, 6) is -0.861. The van der Waals surface area contributed by atoms with Gasteiger partial charge in [0, 0.05) is 19.3 Å². The van der Waals surface area contributed by atoms with Crippen LogP contribution in [0.3, 0.4) is 0 Å². The molecular formula is C77H140O6. The van der Waals surface area contributed by atoms with E-state index in [4.69, 9.17) is 14.2 Å². The minimum atomic E-state index is -0.779. The molecule has 484 valence electrons. The van der Waals surface area contributed by atoms with E-state index in [0.717, 1.165) is 77.0 Å². The molecule has 0 radical (unpaired) electrons. The zero-order chi connectivity index (χ0) is 59.9. The molecule has 6 nitrogen and oxygen atoms in total. The normalized spacial score (nSPS) is 12.4. The molecule has 0 N–H and O–H groups in total. The van der Waals surface area contributed by atoms with Crippen molar-refractivity contribution in [2.75, 3.05) is 13.2 Å². The Hall–Kier alpha value is -2.89.